The van der Waals surface area contributed by atoms with Gasteiger partial charge in [0.2, 0.25) is 0 Å². The molecule has 0 saturated heterocycles. The van der Waals surface area contributed by atoms with Crippen LogP contribution < -0.4 is 0 Å². The van der Waals surface area contributed by atoms with Crippen LogP contribution in [0.4, 0.5) is 0 Å². The number of pyridine rings is 1. The van der Waals surface area contributed by atoms with Gasteiger partial charge in [0, 0.05) is 12.6 Å². The number of rotatable bonds is 4. The van der Waals surface area contributed by atoms with E-state index < -0.39 is 0 Å². The quantitative estimate of drug-likeness (QED) is 0.500. The first-order chi connectivity index (χ1) is 5.84. The van der Waals surface area contributed by atoms with Gasteiger partial charge in [-0.1, -0.05) is 12.1 Å². The van der Waals surface area contributed by atoms with Crippen LogP contribution in [0.15, 0.2) is 37.1 Å². The third-order valence-electron chi connectivity index (χ3n) is 1.53. The van der Waals surface area contributed by atoms with Gasteiger partial charge in [0.15, 0.2) is 5.78 Å². The second kappa shape index (κ2) is 4.44. The maximum absolute atomic E-state index is 11.3. The van der Waals surface area contributed by atoms with E-state index in [9.17, 15) is 4.79 Å². The lowest BCUT2D eigenvalue weighted by Gasteiger charge is -1.95. The van der Waals surface area contributed by atoms with Crippen LogP contribution in [0.3, 0.4) is 0 Å². The summed E-state index contributed by atoms with van der Waals surface area (Å²) in [7, 11) is 0. The van der Waals surface area contributed by atoms with Gasteiger partial charge in [0.25, 0.3) is 0 Å². The molecule has 0 aromatic carbocycles. The third-order valence-corrected chi connectivity index (χ3v) is 1.53. The van der Waals surface area contributed by atoms with E-state index in [1.54, 1.807) is 24.4 Å². The average Bonchev–Trinajstić information content (AvgIpc) is 2.15. The molecule has 1 heterocycles. The van der Waals surface area contributed by atoms with Crippen LogP contribution in [0.1, 0.15) is 23.3 Å². The van der Waals surface area contributed by atoms with Gasteiger partial charge in [-0.2, -0.15) is 0 Å². The number of aromatic nitrogens is 1. The number of hydrogen-bond acceptors (Lipinski definition) is 2. The Balaban J connectivity index is 2.59. The molecule has 0 unspecified atom stereocenters. The number of ketones is 1. The van der Waals surface area contributed by atoms with Crippen molar-refractivity contribution in [2.75, 3.05) is 0 Å². The van der Waals surface area contributed by atoms with E-state index in [1.165, 1.54) is 0 Å². The summed E-state index contributed by atoms with van der Waals surface area (Å²) in [5.74, 6) is 0.0792. The first-order valence-electron chi connectivity index (χ1n) is 3.89. The molecule has 0 aliphatic rings. The van der Waals surface area contributed by atoms with Crippen molar-refractivity contribution in [1.82, 2.24) is 4.98 Å². The van der Waals surface area contributed by atoms with E-state index >= 15 is 0 Å². The third kappa shape index (κ3) is 2.31. The molecule has 62 valence electrons. The Bertz CT molecular complexity index is 266. The molecule has 1 rings (SSSR count). The zero-order valence-electron chi connectivity index (χ0n) is 6.86. The lowest BCUT2D eigenvalue weighted by Crippen LogP contribution is -2.00. The zero-order chi connectivity index (χ0) is 8.81. The molecule has 0 radical (unpaired) electrons. The van der Waals surface area contributed by atoms with Gasteiger partial charge in [0.05, 0.1) is 0 Å². The molecule has 0 atom stereocenters. The van der Waals surface area contributed by atoms with Crippen LogP contribution in [-0.2, 0) is 0 Å². The fourth-order valence-corrected chi connectivity index (χ4v) is 0.889. The molecule has 0 bridgehead atoms. The summed E-state index contributed by atoms with van der Waals surface area (Å²) in [6.45, 7) is 3.55. The monoisotopic (exact) mass is 161 g/mol. The Kier molecular flexibility index (Phi) is 3.20. The fourth-order valence-electron chi connectivity index (χ4n) is 0.889. The van der Waals surface area contributed by atoms with Crippen LogP contribution in [0.5, 0.6) is 0 Å². The normalized spacial score (nSPS) is 9.33. The molecule has 2 nitrogen and oxygen atoms in total. The minimum absolute atomic E-state index is 0.0792. The van der Waals surface area contributed by atoms with Crippen LogP contribution in [0.2, 0.25) is 0 Å². The van der Waals surface area contributed by atoms with Crippen LogP contribution in [0.25, 0.3) is 0 Å². The van der Waals surface area contributed by atoms with Crippen molar-refractivity contribution in [3.05, 3.63) is 42.7 Å². The van der Waals surface area contributed by atoms with Gasteiger partial charge >= 0.3 is 0 Å². The highest BCUT2D eigenvalue weighted by atomic mass is 16.1. The number of carbonyl (C=O) groups is 1. The van der Waals surface area contributed by atoms with Crippen molar-refractivity contribution in [3.8, 4) is 0 Å². The number of hydrogen-bond donors (Lipinski definition) is 0. The molecule has 0 aliphatic carbocycles. The van der Waals surface area contributed by atoms with Crippen LogP contribution in [-0.4, -0.2) is 10.8 Å². The summed E-state index contributed by atoms with van der Waals surface area (Å²) in [6.07, 6.45) is 4.58. The SMILES string of the molecule is C=CCCC(=O)c1ccccn1. The zero-order valence-corrected chi connectivity index (χ0v) is 6.86. The molecule has 1 aromatic heterocycles. The van der Waals surface area contributed by atoms with Crippen molar-refractivity contribution >= 4 is 5.78 Å². The van der Waals surface area contributed by atoms with Gasteiger partial charge in [-0.05, 0) is 18.6 Å². The Hall–Kier alpha value is -1.44. The van der Waals surface area contributed by atoms with Gasteiger partial charge in [-0.25, -0.2) is 0 Å². The topological polar surface area (TPSA) is 30.0 Å². The molecule has 0 saturated carbocycles. The summed E-state index contributed by atoms with van der Waals surface area (Å²) in [5.41, 5.74) is 0.541. The Morgan fingerprint density at radius 2 is 2.42 bits per heavy atom. The maximum atomic E-state index is 11.3. The number of Topliss-reactive ketones (excluding diaryl/α,β-unsaturated/α-hetero) is 1. The van der Waals surface area contributed by atoms with E-state index in [2.05, 4.69) is 11.6 Å². The van der Waals surface area contributed by atoms with E-state index in [0.717, 1.165) is 6.42 Å². The second-order valence-corrected chi connectivity index (χ2v) is 2.47. The first-order valence-corrected chi connectivity index (χ1v) is 3.89. The standard InChI is InChI=1S/C10H11NO/c1-2-3-7-10(12)9-6-4-5-8-11-9/h2,4-6,8H,1,3,7H2. The fraction of sp³-hybridized carbons (Fsp3) is 0.200. The summed E-state index contributed by atoms with van der Waals surface area (Å²) >= 11 is 0. The van der Waals surface area contributed by atoms with Crippen LogP contribution in [0, 0.1) is 0 Å². The molecule has 0 N–H and O–H groups in total. The predicted molar refractivity (Wildman–Crippen MR) is 48.0 cm³/mol. The minimum Gasteiger partial charge on any atom is -0.292 e. The highest BCUT2D eigenvalue weighted by Gasteiger charge is 2.03. The molecule has 0 aliphatic heterocycles. The lowest BCUT2D eigenvalue weighted by atomic mass is 10.1. The van der Waals surface area contributed by atoms with Crippen molar-refractivity contribution in [2.24, 2.45) is 0 Å². The number of allylic oxidation sites excluding steroid dienone is 1. The summed E-state index contributed by atoms with van der Waals surface area (Å²) in [6, 6.07) is 5.34. The number of carbonyl (C=O) groups excluding carboxylic acids is 1. The summed E-state index contributed by atoms with van der Waals surface area (Å²) < 4.78 is 0. The summed E-state index contributed by atoms with van der Waals surface area (Å²) in [5, 5.41) is 0. The van der Waals surface area contributed by atoms with Gasteiger partial charge in [0.1, 0.15) is 5.69 Å². The van der Waals surface area contributed by atoms with Gasteiger partial charge in [-0.15, -0.1) is 6.58 Å². The molecule has 0 amide bonds. The van der Waals surface area contributed by atoms with E-state index in [4.69, 9.17) is 0 Å². The highest BCUT2D eigenvalue weighted by molar-refractivity contribution is 5.94. The van der Waals surface area contributed by atoms with Crippen LogP contribution >= 0.6 is 0 Å². The van der Waals surface area contributed by atoms with Crippen molar-refractivity contribution in [3.63, 3.8) is 0 Å². The predicted octanol–water partition coefficient (Wildman–Crippen LogP) is 2.23. The average molecular weight is 161 g/mol. The molecule has 1 aromatic rings. The smallest absolute Gasteiger partial charge is 0.181 e. The van der Waals surface area contributed by atoms with Crippen molar-refractivity contribution in [2.45, 2.75) is 12.8 Å². The Morgan fingerprint density at radius 3 is 3.00 bits per heavy atom. The van der Waals surface area contributed by atoms with E-state index in [0.29, 0.717) is 12.1 Å². The minimum atomic E-state index is 0.0792. The Labute approximate surface area is 71.9 Å². The first kappa shape index (κ1) is 8.65. The molecule has 0 fully saturated rings. The van der Waals surface area contributed by atoms with Crippen molar-refractivity contribution < 1.29 is 4.79 Å². The van der Waals surface area contributed by atoms with Gasteiger partial charge in [-0.3, -0.25) is 9.78 Å². The Morgan fingerprint density at radius 1 is 1.58 bits per heavy atom. The molecular formula is C10H11NO. The maximum Gasteiger partial charge on any atom is 0.181 e. The van der Waals surface area contributed by atoms with Gasteiger partial charge < -0.3 is 0 Å². The largest absolute Gasteiger partial charge is 0.292 e. The molecule has 2 heteroatoms. The summed E-state index contributed by atoms with van der Waals surface area (Å²) in [4.78, 5) is 15.2. The van der Waals surface area contributed by atoms with E-state index in [1.807, 2.05) is 6.07 Å². The van der Waals surface area contributed by atoms with E-state index in [-0.39, 0.29) is 5.78 Å². The molecular weight excluding hydrogens is 150 g/mol. The number of nitrogens with zero attached hydrogens (tertiary/aromatic N) is 1. The molecule has 0 spiro atoms. The highest BCUT2D eigenvalue weighted by Crippen LogP contribution is 2.01. The second-order valence-electron chi connectivity index (χ2n) is 2.47. The van der Waals surface area contributed by atoms with Crippen molar-refractivity contribution in [1.29, 1.82) is 0 Å². The molecule has 12 heavy (non-hydrogen) atoms. The lowest BCUT2D eigenvalue weighted by molar-refractivity contribution is 0.0979.